The number of aromatic hydroxyl groups is 1. The zero-order valence-corrected chi connectivity index (χ0v) is 19.7. The lowest BCUT2D eigenvalue weighted by Crippen LogP contribution is -2.50. The number of aliphatic imine (C=N–C) groups is 1. The van der Waals surface area contributed by atoms with Crippen LogP contribution in [0.1, 0.15) is 81.5 Å². The van der Waals surface area contributed by atoms with Crippen LogP contribution in [0.4, 0.5) is 0 Å². The molecular formula is C28H37NO2. The second kappa shape index (κ2) is 8.33. The standard InChI is InChI=1S/C28H37NO2/c1-19(2)20-10-12-23-21(16-20)11-13-25-27(3,14-7-15-28(23,25)4)18-29-17-22-8-6-9-24(31-5)26(22)30/h6,8-10,12,16-17,19,25,30H,7,11,13-15,18H2,1-5H3. The van der Waals surface area contributed by atoms with Crippen LogP contribution in [0.3, 0.4) is 0 Å². The number of rotatable bonds is 5. The highest BCUT2D eigenvalue weighted by atomic mass is 16.5. The fourth-order valence-corrected chi connectivity index (χ4v) is 6.35. The number of phenols is 1. The Kier molecular flexibility index (Phi) is 5.89. The number of fused-ring (bicyclic) bond motifs is 3. The molecule has 1 fully saturated rings. The number of phenolic OH excluding ortho intramolecular Hbond substituents is 1. The molecule has 1 N–H and O–H groups in total. The van der Waals surface area contributed by atoms with Gasteiger partial charge in [0, 0.05) is 18.3 Å². The van der Waals surface area contributed by atoms with Crippen LogP contribution >= 0.6 is 0 Å². The SMILES string of the molecule is COc1cccc(C=NCC2(C)CCCC3(C)c4ccc(C(C)C)cc4CCC23)c1O. The van der Waals surface area contributed by atoms with E-state index in [9.17, 15) is 5.11 Å². The molecule has 0 aromatic heterocycles. The van der Waals surface area contributed by atoms with Crippen LogP contribution in [0.2, 0.25) is 0 Å². The molecule has 4 rings (SSSR count). The Bertz CT molecular complexity index is 979. The van der Waals surface area contributed by atoms with E-state index in [1.165, 1.54) is 37.7 Å². The predicted octanol–water partition coefficient (Wildman–Crippen LogP) is 6.65. The summed E-state index contributed by atoms with van der Waals surface area (Å²) < 4.78 is 5.23. The van der Waals surface area contributed by atoms with Gasteiger partial charge in [0.25, 0.3) is 0 Å². The molecule has 3 unspecified atom stereocenters. The van der Waals surface area contributed by atoms with Crippen molar-refractivity contribution < 1.29 is 9.84 Å². The molecule has 0 radical (unpaired) electrons. The third kappa shape index (κ3) is 3.88. The van der Waals surface area contributed by atoms with E-state index >= 15 is 0 Å². The van der Waals surface area contributed by atoms with E-state index in [4.69, 9.17) is 9.73 Å². The van der Waals surface area contributed by atoms with Crippen LogP contribution in [0.5, 0.6) is 11.5 Å². The van der Waals surface area contributed by atoms with Crippen molar-refractivity contribution in [2.24, 2.45) is 16.3 Å². The van der Waals surface area contributed by atoms with Gasteiger partial charge in [0.05, 0.1) is 7.11 Å². The Balaban J connectivity index is 1.59. The lowest BCUT2D eigenvalue weighted by molar-refractivity contribution is 0.0332. The molecule has 2 aliphatic rings. The van der Waals surface area contributed by atoms with Crippen LogP contribution in [-0.4, -0.2) is 25.0 Å². The second-order valence-corrected chi connectivity index (χ2v) is 10.5. The summed E-state index contributed by atoms with van der Waals surface area (Å²) in [5, 5.41) is 10.4. The van der Waals surface area contributed by atoms with Crippen LogP contribution in [0, 0.1) is 11.3 Å². The predicted molar refractivity (Wildman–Crippen MR) is 129 cm³/mol. The Hall–Kier alpha value is -2.29. The quantitative estimate of drug-likeness (QED) is 0.551. The average molecular weight is 420 g/mol. The highest BCUT2D eigenvalue weighted by Crippen LogP contribution is 2.57. The molecule has 1 saturated carbocycles. The van der Waals surface area contributed by atoms with E-state index in [-0.39, 0.29) is 16.6 Å². The lowest BCUT2D eigenvalue weighted by Gasteiger charge is -2.55. The minimum Gasteiger partial charge on any atom is -0.504 e. The maximum absolute atomic E-state index is 10.4. The van der Waals surface area contributed by atoms with Gasteiger partial charge in [-0.25, -0.2) is 0 Å². The summed E-state index contributed by atoms with van der Waals surface area (Å²) in [6.07, 6.45) is 7.96. The van der Waals surface area contributed by atoms with Gasteiger partial charge in [-0.15, -0.1) is 0 Å². The third-order valence-electron chi connectivity index (χ3n) is 8.10. The van der Waals surface area contributed by atoms with Crippen LogP contribution in [0.25, 0.3) is 0 Å². The molecule has 2 aromatic rings. The zero-order valence-electron chi connectivity index (χ0n) is 19.7. The topological polar surface area (TPSA) is 41.8 Å². The number of para-hydroxylation sites is 1. The van der Waals surface area contributed by atoms with Crippen LogP contribution in [-0.2, 0) is 11.8 Å². The minimum atomic E-state index is 0.167. The molecule has 0 saturated heterocycles. The molecule has 166 valence electrons. The van der Waals surface area contributed by atoms with Crippen LogP contribution in [0.15, 0.2) is 41.4 Å². The molecule has 0 bridgehead atoms. The summed E-state index contributed by atoms with van der Waals surface area (Å²) in [6.45, 7) is 10.3. The second-order valence-electron chi connectivity index (χ2n) is 10.5. The van der Waals surface area contributed by atoms with E-state index in [1.54, 1.807) is 24.3 Å². The Labute approximate surface area is 187 Å². The summed E-state index contributed by atoms with van der Waals surface area (Å²) in [5.74, 6) is 1.86. The van der Waals surface area contributed by atoms with Crippen molar-refractivity contribution in [1.29, 1.82) is 0 Å². The molecule has 2 aliphatic carbocycles. The summed E-state index contributed by atoms with van der Waals surface area (Å²) >= 11 is 0. The fourth-order valence-electron chi connectivity index (χ4n) is 6.35. The Morgan fingerprint density at radius 1 is 1.19 bits per heavy atom. The molecule has 2 aromatic carbocycles. The number of ether oxygens (including phenoxy) is 1. The van der Waals surface area contributed by atoms with E-state index in [0.29, 0.717) is 17.6 Å². The molecular weight excluding hydrogens is 382 g/mol. The molecule has 3 atom stereocenters. The number of hydrogen-bond acceptors (Lipinski definition) is 3. The lowest BCUT2D eigenvalue weighted by atomic mass is 9.50. The first kappa shape index (κ1) is 21.9. The van der Waals surface area contributed by atoms with Crippen molar-refractivity contribution in [3.63, 3.8) is 0 Å². The number of benzene rings is 2. The van der Waals surface area contributed by atoms with Gasteiger partial charge in [-0.3, -0.25) is 4.99 Å². The molecule has 0 amide bonds. The minimum absolute atomic E-state index is 0.167. The molecule has 31 heavy (non-hydrogen) atoms. The van der Waals surface area contributed by atoms with Crippen molar-refractivity contribution in [1.82, 2.24) is 0 Å². The Morgan fingerprint density at radius 3 is 2.74 bits per heavy atom. The van der Waals surface area contributed by atoms with E-state index in [2.05, 4.69) is 45.9 Å². The number of methoxy groups -OCH3 is 1. The first-order valence-corrected chi connectivity index (χ1v) is 11.8. The van der Waals surface area contributed by atoms with E-state index in [0.717, 1.165) is 12.1 Å². The molecule has 0 aliphatic heterocycles. The Morgan fingerprint density at radius 2 is 2.00 bits per heavy atom. The largest absolute Gasteiger partial charge is 0.504 e. The number of hydrogen-bond donors (Lipinski definition) is 1. The molecule has 3 nitrogen and oxygen atoms in total. The van der Waals surface area contributed by atoms with Crippen molar-refractivity contribution in [3.05, 3.63) is 58.7 Å². The average Bonchev–Trinajstić information content (AvgIpc) is 2.74. The van der Waals surface area contributed by atoms with E-state index < -0.39 is 0 Å². The maximum Gasteiger partial charge on any atom is 0.166 e. The van der Waals surface area contributed by atoms with Crippen molar-refractivity contribution in [3.8, 4) is 11.5 Å². The highest BCUT2D eigenvalue weighted by molar-refractivity contribution is 5.84. The van der Waals surface area contributed by atoms with Gasteiger partial charge in [0.1, 0.15) is 0 Å². The van der Waals surface area contributed by atoms with Gasteiger partial charge < -0.3 is 9.84 Å². The maximum atomic E-state index is 10.4. The van der Waals surface area contributed by atoms with Gasteiger partial charge in [0.15, 0.2) is 11.5 Å². The fraction of sp³-hybridized carbons (Fsp3) is 0.536. The monoisotopic (exact) mass is 419 g/mol. The number of nitrogens with zero attached hydrogens (tertiary/aromatic N) is 1. The van der Waals surface area contributed by atoms with Gasteiger partial charge >= 0.3 is 0 Å². The third-order valence-corrected chi connectivity index (χ3v) is 8.10. The van der Waals surface area contributed by atoms with Gasteiger partial charge in [0.2, 0.25) is 0 Å². The van der Waals surface area contributed by atoms with Crippen LogP contribution < -0.4 is 4.74 Å². The first-order chi connectivity index (χ1) is 14.8. The summed E-state index contributed by atoms with van der Waals surface area (Å²) in [5.41, 5.74) is 5.72. The highest BCUT2D eigenvalue weighted by Gasteiger charge is 2.51. The molecule has 0 heterocycles. The smallest absolute Gasteiger partial charge is 0.166 e. The van der Waals surface area contributed by atoms with Gasteiger partial charge in [-0.2, -0.15) is 0 Å². The normalized spacial score (nSPS) is 27.9. The van der Waals surface area contributed by atoms with Gasteiger partial charge in [-0.1, -0.05) is 58.4 Å². The van der Waals surface area contributed by atoms with Crippen molar-refractivity contribution in [2.75, 3.05) is 13.7 Å². The van der Waals surface area contributed by atoms with Crippen molar-refractivity contribution >= 4 is 6.21 Å². The molecule has 3 heteroatoms. The number of aryl methyl sites for hydroxylation is 1. The zero-order chi connectivity index (χ0) is 22.2. The first-order valence-electron chi connectivity index (χ1n) is 11.8. The summed E-state index contributed by atoms with van der Waals surface area (Å²) in [6, 6.07) is 12.8. The summed E-state index contributed by atoms with van der Waals surface area (Å²) in [4.78, 5) is 4.85. The van der Waals surface area contributed by atoms with Crippen molar-refractivity contribution in [2.45, 2.75) is 71.1 Å². The molecule has 0 spiro atoms. The van der Waals surface area contributed by atoms with Gasteiger partial charge in [-0.05, 0) is 77.2 Å². The van der Waals surface area contributed by atoms with E-state index in [1.807, 2.05) is 18.3 Å². The summed E-state index contributed by atoms with van der Waals surface area (Å²) in [7, 11) is 1.57.